The van der Waals surface area contributed by atoms with Crippen LogP contribution in [0.15, 0.2) is 53.5 Å². The van der Waals surface area contributed by atoms with E-state index in [9.17, 15) is 10.1 Å². The fourth-order valence-electron chi connectivity index (χ4n) is 2.74. The lowest BCUT2D eigenvalue weighted by Crippen LogP contribution is -2.14. The van der Waals surface area contributed by atoms with Crippen LogP contribution in [0.25, 0.3) is 0 Å². The van der Waals surface area contributed by atoms with Crippen molar-refractivity contribution in [1.29, 1.82) is 0 Å². The molecule has 0 fully saturated rings. The molecule has 0 amide bonds. The number of hydrogen-bond acceptors (Lipinski definition) is 5. The zero-order chi connectivity index (χ0) is 20.3. The van der Waals surface area contributed by atoms with Crippen LogP contribution in [0, 0.1) is 10.1 Å². The standard InChI is InChI=1S/C21H20ClN3O2S/c1-21(2,3)19-18(12-14-7-9-16(22)10-8-14)28-20(24-19)23-13-15-5-4-6-17(11-15)25(26)27/h4-11,13H,12H2,1-3H3/b23-13+. The lowest BCUT2D eigenvalue weighted by molar-refractivity contribution is -0.384. The number of benzene rings is 2. The molecule has 28 heavy (non-hydrogen) atoms. The second kappa shape index (κ2) is 8.20. The Labute approximate surface area is 172 Å². The Morgan fingerprint density at radius 1 is 1.21 bits per heavy atom. The van der Waals surface area contributed by atoms with Crippen LogP contribution in [0.1, 0.15) is 42.5 Å². The summed E-state index contributed by atoms with van der Waals surface area (Å²) in [6, 6.07) is 14.2. The molecule has 0 N–H and O–H groups in total. The molecule has 0 aliphatic rings. The van der Waals surface area contributed by atoms with Crippen LogP contribution < -0.4 is 0 Å². The van der Waals surface area contributed by atoms with Crippen LogP contribution >= 0.6 is 22.9 Å². The zero-order valence-corrected chi connectivity index (χ0v) is 17.4. The number of halogens is 1. The van der Waals surface area contributed by atoms with Crippen LogP contribution in [0.5, 0.6) is 0 Å². The third-order valence-corrected chi connectivity index (χ3v) is 5.29. The molecule has 7 heteroatoms. The van der Waals surface area contributed by atoms with Crippen molar-refractivity contribution in [2.75, 3.05) is 0 Å². The molecule has 0 saturated heterocycles. The van der Waals surface area contributed by atoms with Crippen LogP contribution in [0.3, 0.4) is 0 Å². The van der Waals surface area contributed by atoms with Gasteiger partial charge in [0.25, 0.3) is 5.69 Å². The van der Waals surface area contributed by atoms with Crippen LogP contribution in [-0.2, 0) is 11.8 Å². The van der Waals surface area contributed by atoms with Gasteiger partial charge in [-0.05, 0) is 23.3 Å². The first-order chi connectivity index (χ1) is 13.2. The third-order valence-electron chi connectivity index (χ3n) is 4.08. The van der Waals surface area contributed by atoms with Gasteiger partial charge in [-0.1, -0.05) is 68.0 Å². The maximum Gasteiger partial charge on any atom is 0.270 e. The highest BCUT2D eigenvalue weighted by atomic mass is 35.5. The van der Waals surface area contributed by atoms with E-state index in [0.717, 1.165) is 22.6 Å². The molecule has 0 radical (unpaired) electrons. The van der Waals surface area contributed by atoms with E-state index < -0.39 is 4.92 Å². The van der Waals surface area contributed by atoms with Gasteiger partial charge in [-0.2, -0.15) is 0 Å². The van der Waals surface area contributed by atoms with Crippen molar-refractivity contribution < 1.29 is 4.92 Å². The number of nitrogens with zero attached hydrogens (tertiary/aromatic N) is 3. The van der Waals surface area contributed by atoms with E-state index in [2.05, 4.69) is 25.8 Å². The molecule has 3 rings (SSSR count). The molecule has 0 aliphatic heterocycles. The maximum absolute atomic E-state index is 10.9. The normalized spacial score (nSPS) is 11.9. The molecule has 0 spiro atoms. The summed E-state index contributed by atoms with van der Waals surface area (Å²) in [6.07, 6.45) is 2.37. The highest BCUT2D eigenvalue weighted by Crippen LogP contribution is 2.35. The Hall–Kier alpha value is -2.57. The quantitative estimate of drug-likeness (QED) is 0.278. The SMILES string of the molecule is CC(C)(C)c1nc(/N=C/c2cccc([N+](=O)[O-])c2)sc1Cc1ccc(Cl)cc1. The second-order valence-corrected chi connectivity index (χ2v) is 8.93. The number of nitro groups is 1. The predicted octanol–water partition coefficient (Wildman–Crippen LogP) is 6.34. The summed E-state index contributed by atoms with van der Waals surface area (Å²) in [7, 11) is 0. The number of non-ortho nitro benzene ring substituents is 1. The minimum Gasteiger partial charge on any atom is -0.258 e. The summed E-state index contributed by atoms with van der Waals surface area (Å²) >= 11 is 7.52. The first-order valence-corrected chi connectivity index (χ1v) is 9.95. The summed E-state index contributed by atoms with van der Waals surface area (Å²) in [5.41, 5.74) is 2.77. The van der Waals surface area contributed by atoms with Gasteiger partial charge in [-0.25, -0.2) is 9.98 Å². The summed E-state index contributed by atoms with van der Waals surface area (Å²) in [4.78, 5) is 20.9. The minimum absolute atomic E-state index is 0.0434. The van der Waals surface area contributed by atoms with Gasteiger partial charge < -0.3 is 0 Å². The molecular formula is C21H20ClN3O2S. The van der Waals surface area contributed by atoms with Gasteiger partial charge in [-0.15, -0.1) is 0 Å². The van der Waals surface area contributed by atoms with E-state index in [0.29, 0.717) is 15.7 Å². The van der Waals surface area contributed by atoms with E-state index >= 15 is 0 Å². The number of aliphatic imine (C=N–C) groups is 1. The molecule has 5 nitrogen and oxygen atoms in total. The fourth-order valence-corrected chi connectivity index (χ4v) is 4.01. The van der Waals surface area contributed by atoms with Gasteiger partial charge in [0, 0.05) is 40.1 Å². The summed E-state index contributed by atoms with van der Waals surface area (Å²) in [5.74, 6) is 0. The van der Waals surface area contributed by atoms with Gasteiger partial charge in [0.05, 0.1) is 10.6 Å². The number of nitro benzene ring substituents is 1. The van der Waals surface area contributed by atoms with Gasteiger partial charge in [0.2, 0.25) is 5.13 Å². The molecule has 3 aromatic rings. The van der Waals surface area contributed by atoms with Gasteiger partial charge >= 0.3 is 0 Å². The average molecular weight is 414 g/mol. The number of hydrogen-bond donors (Lipinski definition) is 0. The second-order valence-electron chi connectivity index (χ2n) is 7.43. The Kier molecular flexibility index (Phi) is 5.91. The van der Waals surface area contributed by atoms with Crippen molar-refractivity contribution in [2.45, 2.75) is 32.6 Å². The van der Waals surface area contributed by atoms with Crippen LogP contribution in [-0.4, -0.2) is 16.1 Å². The molecule has 0 atom stereocenters. The summed E-state index contributed by atoms with van der Waals surface area (Å²) in [5, 5.41) is 12.3. The zero-order valence-electron chi connectivity index (χ0n) is 15.8. The highest BCUT2D eigenvalue weighted by molar-refractivity contribution is 7.15. The van der Waals surface area contributed by atoms with Gasteiger partial charge in [-0.3, -0.25) is 10.1 Å². The third kappa shape index (κ3) is 5.03. The minimum atomic E-state index is -0.414. The van der Waals surface area contributed by atoms with Crippen molar-refractivity contribution in [1.82, 2.24) is 4.98 Å². The average Bonchev–Trinajstić information content (AvgIpc) is 3.05. The van der Waals surface area contributed by atoms with Crippen molar-refractivity contribution in [3.05, 3.63) is 85.4 Å². The van der Waals surface area contributed by atoms with Crippen LogP contribution in [0.2, 0.25) is 5.02 Å². The van der Waals surface area contributed by atoms with E-state index in [1.807, 2.05) is 24.3 Å². The lowest BCUT2D eigenvalue weighted by atomic mass is 9.90. The Balaban J connectivity index is 1.90. The number of thiazole rings is 1. The van der Waals surface area contributed by atoms with E-state index in [1.54, 1.807) is 18.3 Å². The maximum atomic E-state index is 10.9. The fraction of sp³-hybridized carbons (Fsp3) is 0.238. The van der Waals surface area contributed by atoms with Gasteiger partial charge in [0.15, 0.2) is 0 Å². The van der Waals surface area contributed by atoms with Gasteiger partial charge in [0.1, 0.15) is 0 Å². The smallest absolute Gasteiger partial charge is 0.258 e. The molecule has 0 bridgehead atoms. The van der Waals surface area contributed by atoms with Crippen LogP contribution in [0.4, 0.5) is 10.8 Å². The Bertz CT molecular complexity index is 1020. The molecule has 144 valence electrons. The number of aromatic nitrogens is 1. The molecule has 0 saturated carbocycles. The first-order valence-electron chi connectivity index (χ1n) is 8.75. The Morgan fingerprint density at radius 3 is 2.57 bits per heavy atom. The lowest BCUT2D eigenvalue weighted by Gasteiger charge is -2.17. The molecule has 0 aliphatic carbocycles. The van der Waals surface area contributed by atoms with Crippen molar-refractivity contribution in [2.24, 2.45) is 4.99 Å². The molecular weight excluding hydrogens is 394 g/mol. The predicted molar refractivity (Wildman–Crippen MR) is 115 cm³/mol. The first kappa shape index (κ1) is 20.2. The van der Waals surface area contributed by atoms with E-state index in [1.165, 1.54) is 23.5 Å². The van der Waals surface area contributed by atoms with Crippen molar-refractivity contribution in [3.63, 3.8) is 0 Å². The topological polar surface area (TPSA) is 68.4 Å². The largest absolute Gasteiger partial charge is 0.270 e. The van der Waals surface area contributed by atoms with E-state index in [-0.39, 0.29) is 11.1 Å². The monoisotopic (exact) mass is 413 g/mol. The van der Waals surface area contributed by atoms with Crippen molar-refractivity contribution in [3.8, 4) is 0 Å². The summed E-state index contributed by atoms with van der Waals surface area (Å²) < 4.78 is 0. The molecule has 1 aromatic heterocycles. The molecule has 0 unspecified atom stereocenters. The molecule has 2 aromatic carbocycles. The Morgan fingerprint density at radius 2 is 1.93 bits per heavy atom. The highest BCUT2D eigenvalue weighted by Gasteiger charge is 2.23. The van der Waals surface area contributed by atoms with E-state index in [4.69, 9.17) is 16.6 Å². The summed E-state index contributed by atoms with van der Waals surface area (Å²) in [6.45, 7) is 6.38. The molecule has 1 heterocycles. The number of rotatable bonds is 5. The van der Waals surface area contributed by atoms with Crippen molar-refractivity contribution >= 4 is 40.0 Å².